The van der Waals surface area contributed by atoms with Gasteiger partial charge < -0.3 is 73.8 Å². The van der Waals surface area contributed by atoms with E-state index >= 15 is 0 Å². The Labute approximate surface area is 931 Å². The number of phenolic OH excluding ortho intramolecular Hbond substituents is 5. The summed E-state index contributed by atoms with van der Waals surface area (Å²) in [6, 6.07) is 20.6. The predicted octanol–water partition coefficient (Wildman–Crippen LogP) is 33.9. The Morgan fingerprint density at radius 2 is 0.631 bits per heavy atom. The van der Waals surface area contributed by atoms with Crippen LogP contribution in [-0.2, 0) is 46.2 Å². The maximum atomic E-state index is 12.1. The summed E-state index contributed by atoms with van der Waals surface area (Å²) in [6.07, 6.45) is 45.3. The number of unbranched alkanes of at least 4 members (excludes halogenated alkanes) is 15. The zero-order valence-electron chi connectivity index (χ0n) is 94.2. The van der Waals surface area contributed by atoms with Gasteiger partial charge in [0, 0.05) is 123 Å². The fraction of sp³-hybridized carbons (Fsp3) is 0.730. The van der Waals surface area contributed by atoms with Crippen LogP contribution in [0.3, 0.4) is 0 Å². The van der Waals surface area contributed by atoms with E-state index in [-0.39, 0.29) is 130 Å². The molecule has 0 saturated heterocycles. The van der Waals surface area contributed by atoms with Gasteiger partial charge in [-0.15, -0.1) is 10.1 Å². The van der Waals surface area contributed by atoms with E-state index in [4.69, 9.17) is 28.4 Å². The summed E-state index contributed by atoms with van der Waals surface area (Å²) in [5.74, 6) is 9.63. The molecule has 0 radical (unpaired) electrons. The molecule has 5 heterocycles. The average molecular weight is 2330 g/mol. The number of nitrogens with zero attached hydrogens (tertiary/aromatic N) is 1. The first-order chi connectivity index (χ1) is 69.8. The van der Waals surface area contributed by atoms with Gasteiger partial charge in [-0.1, -0.05) is 237 Å². The molecule has 5 aromatic carbocycles. The second kappa shape index (κ2) is 54.3. The molecule has 5 fully saturated rings. The van der Waals surface area contributed by atoms with E-state index in [1.165, 1.54) is 114 Å². The zero-order valence-corrected chi connectivity index (χ0v) is 101. The molecule has 0 amide bonds. The first-order valence-corrected chi connectivity index (χ1v) is 61.5. The van der Waals surface area contributed by atoms with Gasteiger partial charge in [-0.25, -0.2) is 0 Å². The normalized spacial score (nSPS) is 24.5. The molecule has 0 bridgehead atoms. The summed E-state index contributed by atoms with van der Waals surface area (Å²) in [4.78, 5) is 38.1. The van der Waals surface area contributed by atoms with Crippen LogP contribution in [-0.4, -0.2) is 129 Å². The third-order valence-corrected chi connectivity index (χ3v) is 38.8. The third kappa shape index (κ3) is 31.8. The Balaban J connectivity index is 0.000000190. The first-order valence-electron chi connectivity index (χ1n) is 57.0. The molecule has 5 aromatic rings. The van der Waals surface area contributed by atoms with Gasteiger partial charge in [0.05, 0.1) is 20.0 Å². The van der Waals surface area contributed by atoms with Crippen LogP contribution in [0.5, 0.6) is 57.5 Å². The topological polar surface area (TPSA) is 283 Å². The summed E-state index contributed by atoms with van der Waals surface area (Å²) in [5.41, 5.74) is 10.1. The maximum absolute atomic E-state index is 12.1. The standard InChI is InChI=1S/C26H39BrO3.C25H39BrO3.C25H37BrO3.C25H39NO6.C24H35BrO3.CH4/c1-25(2,12-8-6-7-9-13-27)19-15-22(28)24-20-14-18(17-29-5)10-11-21(20)26(3,4)30-23(24)16-19;2*1-24(2,11-7-5-6-8-12-26)18-14-21(28)23-19-13-17(16-27)9-10-20(19)25(3,4)29-22(23)15-18;1-24(2,11-7-5-6-8-12-31-26(29)30)18-14-21(28)23-19-13-17(16-27)9-10-20(19)25(3,4)32-22(23)15-18;1-23(2,11-7-5-6-8-12-25)16-13-20(27)22-18-15-17(26)9-10-19(18)24(3,4)28-21(22)14-16;/h15-17,20-21,28H,6-14H2,1-5H3;14-15,17,19-20,27-28H,5-13,16H2,1-4H3;14-17,19-20,28H,5-13H2,1-4H3;14-15,17,19-20,27-28H,5-13,16H2,1-4H3;13-14,18-19,27H,5-12,15H2,1-4H3;1H4/t20-,21-;3*17-,19-,20-;18-,19-;/m11111./s1. The lowest BCUT2D eigenvalue weighted by Crippen LogP contribution is -2.47. The molecule has 7 N–H and O–H groups in total. The largest absolute Gasteiger partial charge is 0.508 e. The lowest BCUT2D eigenvalue weighted by molar-refractivity contribution is -0.757. The summed E-state index contributed by atoms with van der Waals surface area (Å²) in [5, 5.41) is 88.5. The average Bonchev–Trinajstić information content (AvgIpc) is 0.749. The number of aliphatic hydroxyl groups excluding tert-OH is 2. The van der Waals surface area contributed by atoms with Crippen LogP contribution >= 0.6 is 63.7 Å². The van der Waals surface area contributed by atoms with Crippen LogP contribution in [0.4, 0.5) is 0 Å². The Hall–Kier alpha value is -5.98. The lowest BCUT2D eigenvalue weighted by atomic mass is 9.63. The number of carbonyl (C=O) groups excluding carboxylic acids is 2. The van der Waals surface area contributed by atoms with Crippen molar-refractivity contribution >= 4 is 75.8 Å². The molecule has 0 spiro atoms. The fourth-order valence-electron chi connectivity index (χ4n) is 27.3. The molecule has 0 unspecified atom stereocenters. The van der Waals surface area contributed by atoms with Gasteiger partial charge in [0.2, 0.25) is 0 Å². The summed E-state index contributed by atoms with van der Waals surface area (Å²) in [7, 11) is 1.71. The van der Waals surface area contributed by atoms with Gasteiger partial charge >= 0.3 is 0 Å². The first kappa shape index (κ1) is 125. The quantitative estimate of drug-likeness (QED) is 0.00478. The lowest BCUT2D eigenvalue weighted by Gasteiger charge is -2.49. The Morgan fingerprint density at radius 1 is 0.369 bits per heavy atom. The number of fused-ring (bicyclic) bond motifs is 15. The van der Waals surface area contributed by atoms with Gasteiger partial charge in [0.1, 0.15) is 97.6 Å². The van der Waals surface area contributed by atoms with Crippen LogP contribution in [0.15, 0.2) is 72.5 Å². The molecule has 15 rings (SSSR count). The van der Waals surface area contributed by atoms with Crippen molar-refractivity contribution in [3.63, 3.8) is 0 Å². The van der Waals surface area contributed by atoms with E-state index < -0.39 is 5.09 Å². The number of carbonyl (C=O) groups is 2. The molecule has 10 aliphatic rings. The van der Waals surface area contributed by atoms with Crippen molar-refractivity contribution in [3.8, 4) is 57.5 Å². The summed E-state index contributed by atoms with van der Waals surface area (Å²) < 4.78 is 37.7. The van der Waals surface area contributed by atoms with Gasteiger partial charge in [0.15, 0.2) is 0 Å². The second-order valence-corrected chi connectivity index (χ2v) is 54.8. The smallest absolute Gasteiger partial charge is 0.294 e. The molecule has 5 aliphatic carbocycles. The molecule has 838 valence electrons. The van der Waals surface area contributed by atoms with Crippen molar-refractivity contribution < 1.29 is 83.7 Å². The number of alkyl halides is 4. The number of hydrogen-bond donors (Lipinski definition) is 7. The highest BCUT2D eigenvalue weighted by atomic mass is 79.9. The van der Waals surface area contributed by atoms with Crippen LogP contribution in [0, 0.1) is 57.5 Å². The highest BCUT2D eigenvalue weighted by Crippen LogP contribution is 2.63. The van der Waals surface area contributed by atoms with Crippen molar-refractivity contribution in [3.05, 3.63) is 138 Å². The SMILES string of the molecule is C.CC(C)(CCCCCCBr)c1cc(O)c2c(c1)OC(C)(C)[C@@H]1CCC(=O)C[C@@H]21.CC(C)(CCCCCCBr)c1cc(O)c2c(c1)OC(C)(C)[C@@H]1CC[C@@H](C=O)C[C@@H]21.CC(C)(CCCCCCBr)c1cc(O)c2c(c1)OC(C)(C)[C@@H]1CC[C@@H](CO)C[C@@H]21.CC(C)(CCCCCCO[N+](=O)[O-])c1cc(O)c2c(c1)OC(C)(C)[C@@H]1CC[C@@H](CO)C[C@@H]21.COC=C1CC[C@@H]2[C@@H](C1)c1c(O)cc(C(C)(C)CCCCCCBr)cc1OC2(C)C. The number of methoxy groups -OCH3 is 1. The number of halogens is 4. The number of rotatable bonds is 41. The third-order valence-electron chi connectivity index (χ3n) is 36.5. The molecular formula is C126H193Br4NO18. The molecule has 5 saturated carbocycles. The zero-order chi connectivity index (χ0) is 108. The van der Waals surface area contributed by atoms with Crippen molar-refractivity contribution in [2.24, 2.45) is 47.3 Å². The minimum atomic E-state index is -0.742. The van der Waals surface area contributed by atoms with Gasteiger partial charge in [-0.2, -0.15) is 0 Å². The number of phenols is 5. The number of aromatic hydroxyl groups is 5. The number of aliphatic hydroxyl groups is 2. The summed E-state index contributed by atoms with van der Waals surface area (Å²) >= 11 is 14.0. The monoisotopic (exact) mass is 2320 g/mol. The maximum Gasteiger partial charge on any atom is 0.294 e. The van der Waals surface area contributed by atoms with Gasteiger partial charge in [0.25, 0.3) is 5.09 Å². The van der Waals surface area contributed by atoms with E-state index in [0.29, 0.717) is 83.4 Å². The fourth-order valence-corrected chi connectivity index (χ4v) is 28.9. The van der Waals surface area contributed by atoms with E-state index in [1.54, 1.807) is 7.11 Å². The highest BCUT2D eigenvalue weighted by Gasteiger charge is 2.55. The molecule has 13 atom stereocenters. The minimum absolute atomic E-state index is 0. The Kier molecular flexibility index (Phi) is 45.5. The van der Waals surface area contributed by atoms with Crippen LogP contribution in [0.1, 0.15) is 488 Å². The minimum Gasteiger partial charge on any atom is -0.508 e. The van der Waals surface area contributed by atoms with E-state index in [2.05, 4.69) is 237 Å². The van der Waals surface area contributed by atoms with E-state index in [1.807, 2.05) is 36.6 Å². The van der Waals surface area contributed by atoms with Crippen molar-refractivity contribution in [1.29, 1.82) is 0 Å². The number of hydrogen-bond acceptors (Lipinski definition) is 18. The Bertz CT molecular complexity index is 5180. The highest BCUT2D eigenvalue weighted by molar-refractivity contribution is 9.09. The van der Waals surface area contributed by atoms with Crippen LogP contribution in [0.2, 0.25) is 0 Å². The van der Waals surface area contributed by atoms with Crippen molar-refractivity contribution in [1.82, 2.24) is 0 Å². The molecule has 23 heteroatoms. The second-order valence-electron chi connectivity index (χ2n) is 51.7. The van der Waals surface area contributed by atoms with E-state index in [0.717, 1.165) is 241 Å². The molecule has 0 aromatic heterocycles. The number of allylic oxidation sites excluding steroid dienone is 1. The molecule has 5 aliphatic heterocycles. The Morgan fingerprint density at radius 3 is 0.913 bits per heavy atom. The van der Waals surface area contributed by atoms with Gasteiger partial charge in [-0.3, -0.25) is 4.79 Å². The van der Waals surface area contributed by atoms with Crippen LogP contribution in [0.25, 0.3) is 0 Å². The predicted molar refractivity (Wildman–Crippen MR) is 621 cm³/mol. The number of benzene rings is 5. The number of aldehydes is 1. The summed E-state index contributed by atoms with van der Waals surface area (Å²) in [6.45, 7) is 44.8. The number of ketones is 1. The molecular weight excluding hydrogens is 2130 g/mol. The molecule has 149 heavy (non-hydrogen) atoms. The van der Waals surface area contributed by atoms with Gasteiger partial charge in [-0.05, 0) is 368 Å². The number of ether oxygens (including phenoxy) is 6. The van der Waals surface area contributed by atoms with Crippen molar-refractivity contribution in [2.45, 2.75) is 487 Å². The number of Topliss-reactive ketones (excluding diaryl/α,β-unsaturated/α-hetero) is 1. The van der Waals surface area contributed by atoms with Crippen molar-refractivity contribution in [2.75, 3.05) is 48.3 Å². The van der Waals surface area contributed by atoms with Crippen LogP contribution < -0.4 is 23.7 Å². The molecule has 19 nitrogen and oxygen atoms in total. The van der Waals surface area contributed by atoms with E-state index in [9.17, 15) is 55.4 Å².